The van der Waals surface area contributed by atoms with E-state index < -0.39 is 0 Å². The summed E-state index contributed by atoms with van der Waals surface area (Å²) in [4.78, 5) is 18.3. The highest BCUT2D eigenvalue weighted by Crippen LogP contribution is 2.31. The third-order valence-electron chi connectivity index (χ3n) is 8.48. The van der Waals surface area contributed by atoms with Gasteiger partial charge < -0.3 is 9.32 Å². The number of oxazole rings is 1. The van der Waals surface area contributed by atoms with Crippen LogP contribution in [-0.2, 0) is 0 Å². The summed E-state index contributed by atoms with van der Waals surface area (Å²) in [6.45, 7) is 12.3. The molecule has 2 saturated heterocycles. The van der Waals surface area contributed by atoms with E-state index in [2.05, 4.69) is 36.6 Å². The molecule has 2 aliphatic heterocycles. The molecule has 5 heteroatoms. The molecule has 4 rings (SSSR count). The molecule has 1 atom stereocenters. The van der Waals surface area contributed by atoms with Crippen LogP contribution >= 0.6 is 0 Å². The normalized spacial score (nSPS) is 20.3. The van der Waals surface area contributed by atoms with Crippen LogP contribution in [0, 0.1) is 18.8 Å². The summed E-state index contributed by atoms with van der Waals surface area (Å²) in [7, 11) is 0. The van der Waals surface area contributed by atoms with Crippen LogP contribution in [-0.4, -0.2) is 47.1 Å². The Labute approximate surface area is 206 Å². The van der Waals surface area contributed by atoms with E-state index in [1.165, 1.54) is 82.9 Å². The second-order valence-electron chi connectivity index (χ2n) is 11.0. The Morgan fingerprint density at radius 2 is 1.56 bits per heavy atom. The number of unbranched alkanes of at least 4 members (excludes halogenated alkanes) is 2. The minimum atomic E-state index is -0.197. The van der Waals surface area contributed by atoms with Crippen LogP contribution in [0.1, 0.15) is 96.2 Å². The van der Waals surface area contributed by atoms with Crippen LogP contribution in [0.2, 0.25) is 0 Å². The van der Waals surface area contributed by atoms with Gasteiger partial charge in [0.1, 0.15) is 0 Å². The number of nitrogens with zero attached hydrogens (tertiary/aromatic N) is 3. The van der Waals surface area contributed by atoms with Crippen molar-refractivity contribution in [1.82, 2.24) is 14.4 Å². The van der Waals surface area contributed by atoms with Crippen molar-refractivity contribution in [3.63, 3.8) is 0 Å². The molecule has 34 heavy (non-hydrogen) atoms. The van der Waals surface area contributed by atoms with E-state index in [4.69, 9.17) is 4.42 Å². The number of piperidine rings is 2. The summed E-state index contributed by atoms with van der Waals surface area (Å²) in [6, 6.07) is 6.12. The fourth-order valence-electron chi connectivity index (χ4n) is 6.22. The van der Waals surface area contributed by atoms with Crippen molar-refractivity contribution in [2.75, 3.05) is 32.7 Å². The van der Waals surface area contributed by atoms with Crippen molar-refractivity contribution in [3.8, 4) is 0 Å². The van der Waals surface area contributed by atoms with Gasteiger partial charge in [-0.1, -0.05) is 58.4 Å². The monoisotopic (exact) mass is 469 g/mol. The lowest BCUT2D eigenvalue weighted by Crippen LogP contribution is -2.44. The van der Waals surface area contributed by atoms with E-state index in [1.807, 2.05) is 16.7 Å². The lowest BCUT2D eigenvalue weighted by Gasteiger charge is -2.39. The van der Waals surface area contributed by atoms with Gasteiger partial charge in [0.2, 0.25) is 0 Å². The van der Waals surface area contributed by atoms with Crippen molar-refractivity contribution in [1.29, 1.82) is 0 Å². The maximum Gasteiger partial charge on any atom is 0.421 e. The molecule has 2 fully saturated rings. The van der Waals surface area contributed by atoms with Crippen molar-refractivity contribution in [2.24, 2.45) is 11.8 Å². The van der Waals surface area contributed by atoms with Gasteiger partial charge in [-0.2, -0.15) is 0 Å². The number of likely N-dealkylation sites (tertiary alicyclic amines) is 2. The Kier molecular flexibility index (Phi) is 9.30. The molecule has 0 bridgehead atoms. The number of aryl methyl sites for hydroxylation is 1. The standard InChI is InChI=1S/C29H47N3O2/c1-4-6-8-24-12-17-30(18-13-24)19-16-28(31-20-14-25(15-21-31)9-7-5-2)32-26-22-23(3)10-11-27(26)34-29(32)33/h10-11,22,24-25,28H,4-9,12-21H2,1-3H3. The van der Waals surface area contributed by atoms with Crippen LogP contribution in [0.3, 0.4) is 0 Å². The number of hydrogen-bond donors (Lipinski definition) is 0. The van der Waals surface area contributed by atoms with Gasteiger partial charge in [-0.05, 0) is 81.6 Å². The molecule has 3 heterocycles. The number of rotatable bonds is 11. The first-order valence-corrected chi connectivity index (χ1v) is 14.2. The Morgan fingerprint density at radius 3 is 2.18 bits per heavy atom. The van der Waals surface area contributed by atoms with Crippen molar-refractivity contribution in [3.05, 3.63) is 34.3 Å². The van der Waals surface area contributed by atoms with E-state index >= 15 is 0 Å². The number of hydrogen-bond acceptors (Lipinski definition) is 4. The van der Waals surface area contributed by atoms with Gasteiger partial charge in [-0.25, -0.2) is 4.79 Å². The highest BCUT2D eigenvalue weighted by atomic mass is 16.4. The van der Waals surface area contributed by atoms with Crippen LogP contribution in [0.5, 0.6) is 0 Å². The maximum atomic E-state index is 13.1. The first-order chi connectivity index (χ1) is 16.6. The van der Waals surface area contributed by atoms with Crippen molar-refractivity contribution in [2.45, 2.75) is 97.6 Å². The Bertz CT molecular complexity index is 932. The minimum absolute atomic E-state index is 0.0838. The highest BCUT2D eigenvalue weighted by molar-refractivity contribution is 5.73. The molecule has 1 aromatic carbocycles. The van der Waals surface area contributed by atoms with Crippen LogP contribution in [0.15, 0.2) is 27.4 Å². The molecule has 0 amide bonds. The molecule has 2 aliphatic rings. The first-order valence-electron chi connectivity index (χ1n) is 14.2. The second kappa shape index (κ2) is 12.4. The molecular formula is C29H47N3O2. The zero-order chi connectivity index (χ0) is 23.9. The molecule has 0 aliphatic carbocycles. The van der Waals surface area contributed by atoms with Gasteiger partial charge in [0.05, 0.1) is 11.7 Å². The molecule has 5 nitrogen and oxygen atoms in total. The van der Waals surface area contributed by atoms with Crippen molar-refractivity contribution >= 4 is 11.1 Å². The summed E-state index contributed by atoms with van der Waals surface area (Å²) < 4.78 is 7.69. The van der Waals surface area contributed by atoms with Crippen LogP contribution in [0.4, 0.5) is 0 Å². The van der Waals surface area contributed by atoms with Crippen molar-refractivity contribution < 1.29 is 4.42 Å². The summed E-state index contributed by atoms with van der Waals surface area (Å²) >= 11 is 0. The molecular weight excluding hydrogens is 422 g/mol. The van der Waals surface area contributed by atoms with Crippen LogP contribution < -0.4 is 5.76 Å². The highest BCUT2D eigenvalue weighted by Gasteiger charge is 2.30. The number of benzene rings is 1. The lowest BCUT2D eigenvalue weighted by molar-refractivity contribution is 0.0656. The molecule has 1 aromatic heterocycles. The third kappa shape index (κ3) is 6.34. The van der Waals surface area contributed by atoms with E-state index in [9.17, 15) is 4.79 Å². The van der Waals surface area contributed by atoms with E-state index in [-0.39, 0.29) is 11.9 Å². The largest absolute Gasteiger partial charge is 0.421 e. The molecule has 190 valence electrons. The fourth-order valence-corrected chi connectivity index (χ4v) is 6.22. The van der Waals surface area contributed by atoms with E-state index in [0.29, 0.717) is 0 Å². The van der Waals surface area contributed by atoms with Gasteiger partial charge in [-0.15, -0.1) is 0 Å². The lowest BCUT2D eigenvalue weighted by atomic mass is 9.91. The Hall–Kier alpha value is -1.59. The average Bonchev–Trinajstić information content (AvgIpc) is 3.18. The maximum absolute atomic E-state index is 13.1. The molecule has 0 radical (unpaired) electrons. The van der Waals surface area contributed by atoms with Gasteiger partial charge >= 0.3 is 5.76 Å². The second-order valence-corrected chi connectivity index (χ2v) is 11.0. The summed E-state index contributed by atoms with van der Waals surface area (Å²) in [5, 5.41) is 0. The van der Waals surface area contributed by atoms with E-state index in [0.717, 1.165) is 49.0 Å². The third-order valence-corrected chi connectivity index (χ3v) is 8.48. The first kappa shape index (κ1) is 25.5. The number of aromatic nitrogens is 1. The quantitative estimate of drug-likeness (QED) is 0.372. The average molecular weight is 470 g/mol. The molecule has 2 aromatic rings. The zero-order valence-corrected chi connectivity index (χ0v) is 21.9. The SMILES string of the molecule is CCCCC1CCN(CCC(N2CCC(CCCC)CC2)n2c(=O)oc3ccc(C)cc32)CC1. The summed E-state index contributed by atoms with van der Waals surface area (Å²) in [5.74, 6) is 1.56. The smallest absolute Gasteiger partial charge is 0.408 e. The Morgan fingerprint density at radius 1 is 0.941 bits per heavy atom. The topological polar surface area (TPSA) is 41.6 Å². The molecule has 1 unspecified atom stereocenters. The number of fused-ring (bicyclic) bond motifs is 1. The van der Waals surface area contributed by atoms with E-state index in [1.54, 1.807) is 0 Å². The molecule has 0 N–H and O–H groups in total. The zero-order valence-electron chi connectivity index (χ0n) is 21.9. The van der Waals surface area contributed by atoms with Gasteiger partial charge in [0, 0.05) is 19.6 Å². The van der Waals surface area contributed by atoms with Gasteiger partial charge in [0.15, 0.2) is 5.58 Å². The predicted octanol–water partition coefficient (Wildman–Crippen LogP) is 6.60. The fraction of sp³-hybridized carbons (Fsp3) is 0.759. The summed E-state index contributed by atoms with van der Waals surface area (Å²) in [6.07, 6.45) is 14.3. The predicted molar refractivity (Wildman–Crippen MR) is 141 cm³/mol. The van der Waals surface area contributed by atoms with Crippen LogP contribution in [0.25, 0.3) is 11.1 Å². The minimum Gasteiger partial charge on any atom is -0.408 e. The molecule has 0 spiro atoms. The van der Waals surface area contributed by atoms with Gasteiger partial charge in [-0.3, -0.25) is 9.47 Å². The van der Waals surface area contributed by atoms with Gasteiger partial charge in [0.25, 0.3) is 0 Å². The molecule has 0 saturated carbocycles. The summed E-state index contributed by atoms with van der Waals surface area (Å²) in [5.41, 5.74) is 2.85. The Balaban J connectivity index is 1.47.